The van der Waals surface area contributed by atoms with Crippen LogP contribution in [0.4, 0.5) is 0 Å². The van der Waals surface area contributed by atoms with E-state index in [4.69, 9.17) is 14.2 Å². The van der Waals surface area contributed by atoms with Gasteiger partial charge in [-0.3, -0.25) is 4.79 Å². The summed E-state index contributed by atoms with van der Waals surface area (Å²) in [5.74, 6) is -1.72. The smallest absolute Gasteiger partial charge is 0.187 e. The zero-order chi connectivity index (χ0) is 25.0. The van der Waals surface area contributed by atoms with Gasteiger partial charge in [0.25, 0.3) is 0 Å². The maximum absolute atomic E-state index is 13.3. The van der Waals surface area contributed by atoms with Gasteiger partial charge in [0, 0.05) is 12.3 Å². The molecule has 7 heteroatoms. The molecule has 7 rings (SSSR count). The standard InChI is InChI=1S/C28H38O7/c1-14-20(21-25(4)26(5,35-25)22(30)33-21)34-28(32)13-18-16(17-11-12-27(14,31)24(17,28)3)10-9-15-7-6-8-19(29)23(15,18)2/h6,8-9,14,16-18,20-22,30-32H,7,10-13H2,1-5H3/t14-,16-,17-,18-,20-,21-,22-,23-,24-,25+,26-,27+,28-/m0/s1. The first-order chi connectivity index (χ1) is 16.3. The number of aliphatic hydroxyl groups excluding tert-OH is 1. The van der Waals surface area contributed by atoms with E-state index in [1.54, 1.807) is 6.08 Å². The van der Waals surface area contributed by atoms with Gasteiger partial charge in [-0.15, -0.1) is 0 Å². The van der Waals surface area contributed by atoms with Gasteiger partial charge >= 0.3 is 0 Å². The van der Waals surface area contributed by atoms with E-state index in [1.807, 2.05) is 40.7 Å². The summed E-state index contributed by atoms with van der Waals surface area (Å²) in [6.07, 6.45) is 6.78. The molecule has 0 aromatic heterocycles. The number of carbonyl (C=O) groups excluding carboxylic acids is 1. The van der Waals surface area contributed by atoms with Gasteiger partial charge in [0.15, 0.2) is 17.9 Å². The summed E-state index contributed by atoms with van der Waals surface area (Å²) in [4.78, 5) is 13.3. The highest BCUT2D eigenvalue weighted by molar-refractivity contribution is 5.98. The van der Waals surface area contributed by atoms with E-state index in [-0.39, 0.29) is 35.9 Å². The summed E-state index contributed by atoms with van der Waals surface area (Å²) in [6, 6.07) is 0. The lowest BCUT2D eigenvalue weighted by Crippen LogP contribution is -2.76. The summed E-state index contributed by atoms with van der Waals surface area (Å²) in [6.45, 7) is 9.76. The number of allylic oxidation sites excluding steroid dienone is 4. The van der Waals surface area contributed by atoms with Gasteiger partial charge in [0.1, 0.15) is 17.3 Å². The zero-order valence-corrected chi connectivity index (χ0v) is 21.3. The number of ketones is 1. The summed E-state index contributed by atoms with van der Waals surface area (Å²) in [7, 11) is 0. The molecule has 13 atom stereocenters. The van der Waals surface area contributed by atoms with E-state index in [0.29, 0.717) is 6.42 Å². The lowest BCUT2D eigenvalue weighted by molar-refractivity contribution is -0.419. The fourth-order valence-electron chi connectivity index (χ4n) is 9.88. The van der Waals surface area contributed by atoms with E-state index in [2.05, 4.69) is 6.08 Å². The van der Waals surface area contributed by atoms with E-state index in [0.717, 1.165) is 24.8 Å². The molecular weight excluding hydrogens is 448 g/mol. The fourth-order valence-corrected chi connectivity index (χ4v) is 9.88. The number of fused-ring (bicyclic) bond motifs is 5. The van der Waals surface area contributed by atoms with Gasteiger partial charge in [-0.1, -0.05) is 31.6 Å². The van der Waals surface area contributed by atoms with Crippen LogP contribution in [0.15, 0.2) is 23.8 Å². The molecule has 3 saturated heterocycles. The van der Waals surface area contributed by atoms with Crippen LogP contribution in [0.2, 0.25) is 0 Å². The molecule has 0 aromatic rings. The normalized spacial score (nSPS) is 64.2. The lowest BCUT2D eigenvalue weighted by Gasteiger charge is -2.67. The van der Waals surface area contributed by atoms with Crippen molar-refractivity contribution in [3.63, 3.8) is 0 Å². The third-order valence-electron chi connectivity index (χ3n) is 12.5. The Labute approximate surface area is 206 Å². The van der Waals surface area contributed by atoms with Crippen molar-refractivity contribution >= 4 is 5.78 Å². The van der Waals surface area contributed by atoms with Crippen molar-refractivity contribution in [2.75, 3.05) is 0 Å². The van der Waals surface area contributed by atoms with Crippen molar-refractivity contribution < 1.29 is 34.3 Å². The number of carbonyl (C=O) groups is 1. The Morgan fingerprint density at radius 2 is 1.83 bits per heavy atom. The molecule has 2 saturated carbocycles. The van der Waals surface area contributed by atoms with Crippen LogP contribution in [0.1, 0.15) is 66.7 Å². The Hall–Kier alpha value is -1.09. The minimum Gasteiger partial charge on any atom is -0.389 e. The minimum absolute atomic E-state index is 0.0288. The summed E-state index contributed by atoms with van der Waals surface area (Å²) < 4.78 is 18.7. The number of epoxide rings is 1. The van der Waals surface area contributed by atoms with Crippen LogP contribution in [0, 0.1) is 34.5 Å². The second-order valence-electron chi connectivity index (χ2n) is 13.3. The van der Waals surface area contributed by atoms with Crippen LogP contribution >= 0.6 is 0 Å². The predicted molar refractivity (Wildman–Crippen MR) is 125 cm³/mol. The van der Waals surface area contributed by atoms with Crippen molar-refractivity contribution in [2.24, 2.45) is 34.5 Å². The molecule has 7 nitrogen and oxygen atoms in total. The molecule has 0 radical (unpaired) electrons. The quantitative estimate of drug-likeness (QED) is 0.386. The topological polar surface area (TPSA) is 109 Å². The first-order valence-corrected chi connectivity index (χ1v) is 13.3. The highest BCUT2D eigenvalue weighted by Gasteiger charge is 2.83. The van der Waals surface area contributed by atoms with Crippen LogP contribution < -0.4 is 0 Å². The third-order valence-corrected chi connectivity index (χ3v) is 12.5. The maximum atomic E-state index is 13.3. The maximum Gasteiger partial charge on any atom is 0.187 e. The Kier molecular flexibility index (Phi) is 4.15. The van der Waals surface area contributed by atoms with E-state index in [9.17, 15) is 20.1 Å². The average molecular weight is 487 g/mol. The lowest BCUT2D eigenvalue weighted by atomic mass is 9.43. The average Bonchev–Trinajstić information content (AvgIpc) is 3.17. The van der Waals surface area contributed by atoms with Crippen molar-refractivity contribution in [2.45, 2.75) is 108 Å². The zero-order valence-electron chi connectivity index (χ0n) is 21.3. The Morgan fingerprint density at radius 3 is 2.49 bits per heavy atom. The third kappa shape index (κ3) is 2.22. The summed E-state index contributed by atoms with van der Waals surface area (Å²) in [5.41, 5.74) is -3.14. The molecule has 7 aliphatic rings. The van der Waals surface area contributed by atoms with E-state index < -0.39 is 51.9 Å². The largest absolute Gasteiger partial charge is 0.389 e. The van der Waals surface area contributed by atoms with E-state index in [1.165, 1.54) is 0 Å². The first kappa shape index (κ1) is 23.1. The predicted octanol–water partition coefficient (Wildman–Crippen LogP) is 2.62. The van der Waals surface area contributed by atoms with Crippen molar-refractivity contribution in [3.05, 3.63) is 23.8 Å². The highest BCUT2D eigenvalue weighted by atomic mass is 16.8. The van der Waals surface area contributed by atoms with Crippen LogP contribution in [-0.2, 0) is 19.0 Å². The second kappa shape index (κ2) is 6.30. The van der Waals surface area contributed by atoms with Crippen LogP contribution in [0.25, 0.3) is 0 Å². The van der Waals surface area contributed by atoms with Crippen LogP contribution in [-0.4, -0.2) is 62.2 Å². The molecule has 0 amide bonds. The molecular formula is C28H38O7. The van der Waals surface area contributed by atoms with Gasteiger partial charge in [0.05, 0.1) is 22.5 Å². The second-order valence-corrected chi connectivity index (χ2v) is 13.3. The molecule has 5 fully saturated rings. The molecule has 0 unspecified atom stereocenters. The molecule has 3 heterocycles. The molecule has 192 valence electrons. The fraction of sp³-hybridized carbons (Fsp3) is 0.821. The first-order valence-electron chi connectivity index (χ1n) is 13.3. The van der Waals surface area contributed by atoms with E-state index >= 15 is 0 Å². The molecule has 0 aromatic carbocycles. The molecule has 4 aliphatic carbocycles. The minimum atomic E-state index is -1.63. The highest BCUT2D eigenvalue weighted by Crippen LogP contribution is 2.74. The van der Waals surface area contributed by atoms with Gasteiger partial charge in [-0.05, 0) is 70.3 Å². The number of ether oxygens (including phenoxy) is 3. The molecule has 0 bridgehead atoms. The number of rotatable bonds is 1. The van der Waals surface area contributed by atoms with Gasteiger partial charge in [0.2, 0.25) is 0 Å². The molecule has 3 aliphatic heterocycles. The number of hydrogen-bond acceptors (Lipinski definition) is 7. The Morgan fingerprint density at radius 1 is 1.09 bits per heavy atom. The monoisotopic (exact) mass is 486 g/mol. The number of hydrogen-bond donors (Lipinski definition) is 3. The van der Waals surface area contributed by atoms with Crippen molar-refractivity contribution in [3.8, 4) is 0 Å². The summed E-state index contributed by atoms with van der Waals surface area (Å²) >= 11 is 0. The van der Waals surface area contributed by atoms with Gasteiger partial charge in [-0.2, -0.15) is 0 Å². The van der Waals surface area contributed by atoms with Crippen LogP contribution in [0.5, 0.6) is 0 Å². The van der Waals surface area contributed by atoms with Crippen LogP contribution in [0.3, 0.4) is 0 Å². The molecule has 35 heavy (non-hydrogen) atoms. The number of aliphatic hydroxyl groups is 3. The van der Waals surface area contributed by atoms with Crippen molar-refractivity contribution in [1.29, 1.82) is 0 Å². The molecule has 3 N–H and O–H groups in total. The SMILES string of the molecule is C[C@H]1[C@@H]([C@@H]2O[C@H](O)[C@]3(C)O[C@]23C)O[C@@]2(O)C[C@H]3[C@@H](CC=C4CC=CC(=O)[C@@]43C)[C@@H]3CC[C@]1(O)[C@]32C. The summed E-state index contributed by atoms with van der Waals surface area (Å²) in [5, 5.41) is 35.5. The Balaban J connectivity index is 1.33. The Bertz CT molecular complexity index is 1090. The van der Waals surface area contributed by atoms with Gasteiger partial charge in [-0.25, -0.2) is 0 Å². The van der Waals surface area contributed by atoms with Crippen molar-refractivity contribution in [1.82, 2.24) is 0 Å². The van der Waals surface area contributed by atoms with Gasteiger partial charge < -0.3 is 29.5 Å². The molecule has 0 spiro atoms.